The summed E-state index contributed by atoms with van der Waals surface area (Å²) >= 11 is 5.54. The number of piperidine rings is 1. The van der Waals surface area contributed by atoms with Gasteiger partial charge in [-0.1, -0.05) is 0 Å². The van der Waals surface area contributed by atoms with Crippen molar-refractivity contribution in [2.24, 2.45) is 0 Å². The van der Waals surface area contributed by atoms with Gasteiger partial charge in [0, 0.05) is 32.6 Å². The molecule has 1 amide bonds. The summed E-state index contributed by atoms with van der Waals surface area (Å²) in [6.45, 7) is 6.59. The number of sulfonamides is 1. The SMILES string of the molecule is COC1(CNS(=O)(=O)CCCCl)CCN(C(=O)OC(C)(C)C)CC1. The fraction of sp³-hybridized carbons (Fsp3) is 0.933. The minimum absolute atomic E-state index is 0.000325. The van der Waals surface area contributed by atoms with Crippen LogP contribution in [0.3, 0.4) is 0 Å². The lowest BCUT2D eigenvalue weighted by atomic mass is 9.91. The first-order valence-corrected chi connectivity index (χ1v) is 10.3. The molecule has 1 rings (SSSR count). The molecule has 1 aliphatic heterocycles. The lowest BCUT2D eigenvalue weighted by Crippen LogP contribution is -2.53. The van der Waals surface area contributed by atoms with E-state index in [4.69, 9.17) is 21.1 Å². The Morgan fingerprint density at radius 3 is 2.33 bits per heavy atom. The van der Waals surface area contributed by atoms with Crippen LogP contribution < -0.4 is 4.72 Å². The summed E-state index contributed by atoms with van der Waals surface area (Å²) < 4.78 is 37.3. The number of halogens is 1. The number of nitrogens with zero attached hydrogens (tertiary/aromatic N) is 1. The van der Waals surface area contributed by atoms with Crippen LogP contribution >= 0.6 is 11.6 Å². The predicted molar refractivity (Wildman–Crippen MR) is 93.9 cm³/mol. The van der Waals surface area contributed by atoms with E-state index in [9.17, 15) is 13.2 Å². The molecule has 0 aliphatic carbocycles. The number of rotatable bonds is 7. The van der Waals surface area contributed by atoms with Crippen LogP contribution in [0.5, 0.6) is 0 Å². The van der Waals surface area contributed by atoms with Crippen molar-refractivity contribution in [3.8, 4) is 0 Å². The molecule has 0 bridgehead atoms. The maximum Gasteiger partial charge on any atom is 0.410 e. The van der Waals surface area contributed by atoms with Crippen LogP contribution in [0.15, 0.2) is 0 Å². The van der Waals surface area contributed by atoms with Gasteiger partial charge in [0.25, 0.3) is 0 Å². The molecule has 0 saturated carbocycles. The Bertz CT molecular complexity index is 510. The van der Waals surface area contributed by atoms with Gasteiger partial charge in [0.2, 0.25) is 10.0 Å². The molecular formula is C15H29ClN2O5S. The van der Waals surface area contributed by atoms with E-state index in [1.165, 1.54) is 0 Å². The van der Waals surface area contributed by atoms with Gasteiger partial charge in [0.1, 0.15) is 5.60 Å². The van der Waals surface area contributed by atoms with Crippen LogP contribution in [-0.2, 0) is 19.5 Å². The van der Waals surface area contributed by atoms with Crippen LogP contribution in [0.25, 0.3) is 0 Å². The summed E-state index contributed by atoms with van der Waals surface area (Å²) in [4.78, 5) is 13.7. The van der Waals surface area contributed by atoms with Crippen molar-refractivity contribution in [1.82, 2.24) is 9.62 Å². The van der Waals surface area contributed by atoms with E-state index < -0.39 is 21.2 Å². The zero-order chi connectivity index (χ0) is 18.4. The zero-order valence-electron chi connectivity index (χ0n) is 14.9. The second-order valence-corrected chi connectivity index (χ2v) is 9.34. The van der Waals surface area contributed by atoms with E-state index in [1.54, 1.807) is 12.0 Å². The number of carbonyl (C=O) groups excluding carboxylic acids is 1. The molecule has 1 fully saturated rings. The van der Waals surface area contributed by atoms with Crippen LogP contribution in [0.1, 0.15) is 40.0 Å². The Balaban J connectivity index is 2.56. The molecule has 142 valence electrons. The molecule has 1 aliphatic rings. The first-order chi connectivity index (χ1) is 11.0. The molecule has 7 nitrogen and oxygen atoms in total. The average molecular weight is 385 g/mol. The highest BCUT2D eigenvalue weighted by Gasteiger charge is 2.38. The summed E-state index contributed by atoms with van der Waals surface area (Å²) in [5, 5.41) is 0. The van der Waals surface area contributed by atoms with Crippen LogP contribution in [0, 0.1) is 0 Å². The van der Waals surface area contributed by atoms with Gasteiger partial charge >= 0.3 is 6.09 Å². The third kappa shape index (κ3) is 7.13. The van der Waals surface area contributed by atoms with Gasteiger partial charge in [-0.3, -0.25) is 0 Å². The average Bonchev–Trinajstić information content (AvgIpc) is 2.50. The summed E-state index contributed by atoms with van der Waals surface area (Å²) in [5.74, 6) is 0.307. The molecule has 0 aromatic carbocycles. The summed E-state index contributed by atoms with van der Waals surface area (Å²) in [5.41, 5.74) is -1.14. The Morgan fingerprint density at radius 2 is 1.88 bits per heavy atom. The molecule has 1 saturated heterocycles. The smallest absolute Gasteiger partial charge is 0.410 e. The standard InChI is InChI=1S/C15H29ClN2O5S/c1-14(2,3)23-13(19)18-9-6-15(22-4,7-10-18)12-17-24(20,21)11-5-8-16/h17H,5-12H2,1-4H3. The molecule has 1 N–H and O–H groups in total. The highest BCUT2D eigenvalue weighted by Crippen LogP contribution is 2.26. The minimum atomic E-state index is -3.36. The fourth-order valence-corrected chi connectivity index (χ4v) is 3.88. The van der Waals surface area contributed by atoms with Crippen molar-refractivity contribution in [3.05, 3.63) is 0 Å². The first kappa shape index (κ1) is 21.5. The Kier molecular flexibility index (Phi) is 7.77. The summed E-state index contributed by atoms with van der Waals surface area (Å²) in [6.07, 6.45) is 1.14. The lowest BCUT2D eigenvalue weighted by Gasteiger charge is -2.41. The monoisotopic (exact) mass is 384 g/mol. The number of ether oxygens (including phenoxy) is 2. The van der Waals surface area contributed by atoms with Crippen molar-refractivity contribution < 1.29 is 22.7 Å². The van der Waals surface area contributed by atoms with Crippen LogP contribution in [0.2, 0.25) is 0 Å². The maximum absolute atomic E-state index is 12.1. The van der Waals surface area contributed by atoms with Crippen molar-refractivity contribution in [1.29, 1.82) is 0 Å². The van der Waals surface area contributed by atoms with E-state index in [-0.39, 0.29) is 18.4 Å². The van der Waals surface area contributed by atoms with Gasteiger partial charge in [-0.2, -0.15) is 0 Å². The largest absolute Gasteiger partial charge is 0.444 e. The number of likely N-dealkylation sites (tertiary alicyclic amines) is 1. The fourth-order valence-electron chi connectivity index (χ4n) is 2.43. The molecule has 0 spiro atoms. The first-order valence-electron chi connectivity index (χ1n) is 8.09. The van der Waals surface area contributed by atoms with Crippen molar-refractivity contribution in [2.45, 2.75) is 51.2 Å². The molecule has 0 atom stereocenters. The second kappa shape index (κ2) is 8.69. The van der Waals surface area contributed by atoms with Crippen molar-refractivity contribution >= 4 is 27.7 Å². The maximum atomic E-state index is 12.1. The number of hydrogen-bond donors (Lipinski definition) is 1. The number of hydrogen-bond acceptors (Lipinski definition) is 5. The third-order valence-electron chi connectivity index (χ3n) is 3.92. The number of nitrogens with one attached hydrogen (secondary N) is 1. The Hall–Kier alpha value is -0.570. The molecule has 1 heterocycles. The molecule has 0 radical (unpaired) electrons. The normalized spacial score (nSPS) is 18.5. The van der Waals surface area contributed by atoms with Crippen molar-refractivity contribution in [2.75, 3.05) is 38.4 Å². The Labute approximate surface area is 150 Å². The van der Waals surface area contributed by atoms with Crippen LogP contribution in [0.4, 0.5) is 4.79 Å². The number of carbonyl (C=O) groups is 1. The minimum Gasteiger partial charge on any atom is -0.444 e. The quantitative estimate of drug-likeness (QED) is 0.678. The molecular weight excluding hydrogens is 356 g/mol. The molecule has 24 heavy (non-hydrogen) atoms. The zero-order valence-corrected chi connectivity index (χ0v) is 16.5. The summed E-state index contributed by atoms with van der Waals surface area (Å²) in [6, 6.07) is 0. The van der Waals surface area contributed by atoms with E-state index >= 15 is 0 Å². The van der Waals surface area contributed by atoms with Gasteiger partial charge in [0.15, 0.2) is 0 Å². The van der Waals surface area contributed by atoms with E-state index in [0.29, 0.717) is 38.2 Å². The van der Waals surface area contributed by atoms with Gasteiger partial charge in [0.05, 0.1) is 11.4 Å². The molecule has 0 aromatic heterocycles. The highest BCUT2D eigenvalue weighted by molar-refractivity contribution is 7.89. The highest BCUT2D eigenvalue weighted by atomic mass is 35.5. The van der Waals surface area contributed by atoms with Gasteiger partial charge in [-0.25, -0.2) is 17.9 Å². The van der Waals surface area contributed by atoms with E-state index in [1.807, 2.05) is 20.8 Å². The Morgan fingerprint density at radius 1 is 1.29 bits per heavy atom. The topological polar surface area (TPSA) is 84.9 Å². The molecule has 0 unspecified atom stereocenters. The van der Waals surface area contributed by atoms with Crippen LogP contribution in [-0.4, -0.2) is 69.0 Å². The van der Waals surface area contributed by atoms with E-state index in [0.717, 1.165) is 0 Å². The number of alkyl halides is 1. The van der Waals surface area contributed by atoms with Crippen molar-refractivity contribution in [3.63, 3.8) is 0 Å². The van der Waals surface area contributed by atoms with E-state index in [2.05, 4.69) is 4.72 Å². The predicted octanol–water partition coefficient (Wildman–Crippen LogP) is 1.95. The second-order valence-electron chi connectivity index (χ2n) is 7.04. The summed E-state index contributed by atoms with van der Waals surface area (Å²) in [7, 11) is -1.80. The van der Waals surface area contributed by atoms with Gasteiger partial charge in [-0.05, 0) is 40.0 Å². The number of amides is 1. The third-order valence-corrected chi connectivity index (χ3v) is 5.60. The molecule has 0 aromatic rings. The molecule has 9 heteroatoms. The lowest BCUT2D eigenvalue weighted by molar-refractivity contribution is -0.0559. The van der Waals surface area contributed by atoms with Gasteiger partial charge in [-0.15, -0.1) is 11.6 Å². The van der Waals surface area contributed by atoms with Gasteiger partial charge < -0.3 is 14.4 Å². The number of methoxy groups -OCH3 is 1.